The monoisotopic (exact) mass is 156 g/mol. The molecule has 1 radical (unpaired) electrons. The predicted octanol–water partition coefficient (Wildman–Crippen LogP) is 0.647. The number of hydrogen-bond donors (Lipinski definition) is 1. The van der Waals surface area contributed by atoms with E-state index in [4.69, 9.17) is 0 Å². The maximum atomic E-state index is 10.5. The molecule has 3 nitrogen and oxygen atoms in total. The zero-order valence-electron chi connectivity index (χ0n) is 7.18. The van der Waals surface area contributed by atoms with E-state index in [1.807, 2.05) is 13.8 Å². The molecule has 63 valence electrons. The van der Waals surface area contributed by atoms with Crippen LogP contribution in [0.15, 0.2) is 0 Å². The lowest BCUT2D eigenvalue weighted by Gasteiger charge is -2.16. The van der Waals surface area contributed by atoms with Crippen molar-refractivity contribution in [3.8, 4) is 0 Å². The van der Waals surface area contributed by atoms with E-state index in [1.165, 1.54) is 6.92 Å². The average Bonchev–Trinajstić information content (AvgIpc) is 1.98. The largest absolute Gasteiger partial charge is 0.346 e. The van der Waals surface area contributed by atoms with Crippen LogP contribution in [0, 0.1) is 5.92 Å². The molecule has 0 aliphatic rings. The van der Waals surface area contributed by atoms with Crippen LogP contribution in [0.3, 0.4) is 0 Å². The van der Waals surface area contributed by atoms with Crippen molar-refractivity contribution in [3.63, 3.8) is 0 Å². The van der Waals surface area contributed by atoms with E-state index in [0.717, 1.165) is 6.42 Å². The lowest BCUT2D eigenvalue weighted by Crippen LogP contribution is -2.39. The summed E-state index contributed by atoms with van der Waals surface area (Å²) in [6.07, 6.45) is 2.66. The van der Waals surface area contributed by atoms with E-state index in [1.54, 1.807) is 6.29 Å². The van der Waals surface area contributed by atoms with Crippen LogP contribution in [0.2, 0.25) is 0 Å². The van der Waals surface area contributed by atoms with Crippen LogP contribution in [0.25, 0.3) is 0 Å². The minimum atomic E-state index is -0.447. The van der Waals surface area contributed by atoms with Gasteiger partial charge < -0.3 is 5.32 Å². The van der Waals surface area contributed by atoms with Crippen molar-refractivity contribution < 1.29 is 9.59 Å². The molecule has 1 amide bonds. The Labute approximate surface area is 67.2 Å². The summed E-state index contributed by atoms with van der Waals surface area (Å²) < 4.78 is 0. The number of nitrogens with one attached hydrogen (secondary N) is 1. The molecule has 0 aliphatic heterocycles. The Bertz CT molecular complexity index is 145. The fourth-order valence-electron chi connectivity index (χ4n) is 0.743. The van der Waals surface area contributed by atoms with Crippen LogP contribution < -0.4 is 5.32 Å². The summed E-state index contributed by atoms with van der Waals surface area (Å²) in [7, 11) is 0. The first kappa shape index (κ1) is 10.1. The van der Waals surface area contributed by atoms with E-state index >= 15 is 0 Å². The fourth-order valence-corrected chi connectivity index (χ4v) is 0.743. The average molecular weight is 156 g/mol. The van der Waals surface area contributed by atoms with Crippen LogP contribution in [0.1, 0.15) is 27.2 Å². The molecular formula is C8H14NO2. The molecule has 0 aromatic rings. The van der Waals surface area contributed by atoms with E-state index in [0.29, 0.717) is 0 Å². The van der Waals surface area contributed by atoms with Crippen LogP contribution in [-0.4, -0.2) is 18.2 Å². The molecular weight excluding hydrogens is 142 g/mol. The molecule has 0 fully saturated rings. The number of carbonyl (C=O) groups excluding carboxylic acids is 2. The van der Waals surface area contributed by atoms with Gasteiger partial charge in [0, 0.05) is 6.92 Å². The Hall–Kier alpha value is -0.860. The zero-order chi connectivity index (χ0) is 8.85. The van der Waals surface area contributed by atoms with Gasteiger partial charge >= 0.3 is 0 Å². The molecule has 0 spiro atoms. The molecule has 0 rings (SSSR count). The first-order chi connectivity index (χ1) is 5.11. The highest BCUT2D eigenvalue weighted by Crippen LogP contribution is 2.04. The SMILES string of the molecule is CC[C@H](C)[C@H]([C]=O)NC(C)=O. The molecule has 0 aromatic heterocycles. The highest BCUT2D eigenvalue weighted by molar-refractivity contribution is 5.77. The number of amides is 1. The lowest BCUT2D eigenvalue weighted by atomic mass is 10.0. The molecule has 0 unspecified atom stereocenters. The third kappa shape index (κ3) is 3.75. The Morgan fingerprint density at radius 3 is 2.45 bits per heavy atom. The summed E-state index contributed by atoms with van der Waals surface area (Å²) in [5.74, 6) is -0.0185. The maximum absolute atomic E-state index is 10.5. The van der Waals surface area contributed by atoms with Gasteiger partial charge in [-0.3, -0.25) is 9.59 Å². The van der Waals surface area contributed by atoms with Crippen molar-refractivity contribution in [1.29, 1.82) is 0 Å². The van der Waals surface area contributed by atoms with E-state index in [2.05, 4.69) is 5.32 Å². The first-order valence-corrected chi connectivity index (χ1v) is 3.76. The van der Waals surface area contributed by atoms with Gasteiger partial charge in [0.05, 0.1) is 6.04 Å². The van der Waals surface area contributed by atoms with Crippen molar-refractivity contribution in [2.75, 3.05) is 0 Å². The molecule has 2 atom stereocenters. The van der Waals surface area contributed by atoms with Crippen LogP contribution >= 0.6 is 0 Å². The van der Waals surface area contributed by atoms with E-state index < -0.39 is 6.04 Å². The Morgan fingerprint density at radius 2 is 2.18 bits per heavy atom. The normalized spacial score (nSPS) is 15.2. The van der Waals surface area contributed by atoms with Gasteiger partial charge in [0.15, 0.2) is 0 Å². The summed E-state index contributed by atoms with van der Waals surface area (Å²) in [5.41, 5.74) is 0. The second-order valence-electron chi connectivity index (χ2n) is 2.68. The van der Waals surface area contributed by atoms with Crippen molar-refractivity contribution >= 4 is 12.2 Å². The van der Waals surface area contributed by atoms with E-state index in [9.17, 15) is 9.59 Å². The van der Waals surface area contributed by atoms with Gasteiger partial charge in [-0.1, -0.05) is 20.3 Å². The van der Waals surface area contributed by atoms with Gasteiger partial charge in [0.1, 0.15) is 0 Å². The maximum Gasteiger partial charge on any atom is 0.223 e. The molecule has 0 saturated heterocycles. The molecule has 0 saturated carbocycles. The fraction of sp³-hybridized carbons (Fsp3) is 0.750. The Kier molecular flexibility index (Phi) is 4.50. The van der Waals surface area contributed by atoms with Crippen LogP contribution in [0.5, 0.6) is 0 Å². The number of carbonyl (C=O) groups is 1. The lowest BCUT2D eigenvalue weighted by molar-refractivity contribution is -0.119. The quantitative estimate of drug-likeness (QED) is 0.649. The van der Waals surface area contributed by atoms with Crippen molar-refractivity contribution in [2.45, 2.75) is 33.2 Å². The molecule has 0 bridgehead atoms. The third-order valence-corrected chi connectivity index (χ3v) is 1.70. The molecule has 0 aromatic carbocycles. The van der Waals surface area contributed by atoms with Crippen LogP contribution in [0.4, 0.5) is 0 Å². The highest BCUT2D eigenvalue weighted by atomic mass is 16.2. The summed E-state index contributed by atoms with van der Waals surface area (Å²) >= 11 is 0. The molecule has 0 aliphatic carbocycles. The third-order valence-electron chi connectivity index (χ3n) is 1.70. The molecule has 3 heteroatoms. The standard InChI is InChI=1S/C8H14NO2/c1-4-6(2)8(5-10)9-7(3)11/h6,8H,4H2,1-3H3,(H,9,11)/t6-,8-/m0/s1. The van der Waals surface area contributed by atoms with Crippen molar-refractivity contribution in [2.24, 2.45) is 5.92 Å². The summed E-state index contributed by atoms with van der Waals surface area (Å²) in [6.45, 7) is 5.27. The van der Waals surface area contributed by atoms with Crippen LogP contribution in [-0.2, 0) is 9.59 Å². The number of rotatable bonds is 4. The first-order valence-electron chi connectivity index (χ1n) is 3.76. The number of hydrogen-bond acceptors (Lipinski definition) is 2. The molecule has 0 heterocycles. The molecule has 1 N–H and O–H groups in total. The smallest absolute Gasteiger partial charge is 0.223 e. The van der Waals surface area contributed by atoms with E-state index in [-0.39, 0.29) is 11.8 Å². The highest BCUT2D eigenvalue weighted by Gasteiger charge is 2.15. The minimum Gasteiger partial charge on any atom is -0.346 e. The van der Waals surface area contributed by atoms with Crippen molar-refractivity contribution in [1.82, 2.24) is 5.32 Å². The van der Waals surface area contributed by atoms with Gasteiger partial charge in [0.2, 0.25) is 12.2 Å². The van der Waals surface area contributed by atoms with Gasteiger partial charge in [0.25, 0.3) is 0 Å². The van der Waals surface area contributed by atoms with Crippen molar-refractivity contribution in [3.05, 3.63) is 0 Å². The topological polar surface area (TPSA) is 46.2 Å². The minimum absolute atomic E-state index is 0.163. The summed E-state index contributed by atoms with van der Waals surface area (Å²) in [5, 5.41) is 2.52. The second kappa shape index (κ2) is 4.88. The second-order valence-corrected chi connectivity index (χ2v) is 2.68. The zero-order valence-corrected chi connectivity index (χ0v) is 7.18. The van der Waals surface area contributed by atoms with Gasteiger partial charge in [-0.25, -0.2) is 0 Å². The summed E-state index contributed by atoms with van der Waals surface area (Å²) in [6, 6.07) is -0.447. The van der Waals surface area contributed by atoms with Gasteiger partial charge in [-0.05, 0) is 5.92 Å². The van der Waals surface area contributed by atoms with Gasteiger partial charge in [-0.2, -0.15) is 0 Å². The Morgan fingerprint density at radius 1 is 1.64 bits per heavy atom. The van der Waals surface area contributed by atoms with Gasteiger partial charge in [-0.15, -0.1) is 0 Å². The summed E-state index contributed by atoms with van der Waals surface area (Å²) in [4.78, 5) is 20.8. The Balaban J connectivity index is 3.94. The predicted molar refractivity (Wildman–Crippen MR) is 42.8 cm³/mol. The molecule has 11 heavy (non-hydrogen) atoms.